The van der Waals surface area contributed by atoms with Gasteiger partial charge >= 0.3 is 0 Å². The van der Waals surface area contributed by atoms with Crippen LogP contribution in [0.4, 0.5) is 0 Å². The number of ether oxygens (including phenoxy) is 2. The lowest BCUT2D eigenvalue weighted by Crippen LogP contribution is -2.45. The lowest BCUT2D eigenvalue weighted by molar-refractivity contribution is -0.131. The number of carbonyl (C=O) groups excluding carboxylic acids is 2. The molecule has 25 heavy (non-hydrogen) atoms. The maximum Gasteiger partial charge on any atom is 0.276 e. The lowest BCUT2D eigenvalue weighted by Gasteiger charge is -2.10. The molecule has 2 amide bonds. The molecule has 0 aliphatic heterocycles. The second kappa shape index (κ2) is 8.94. The summed E-state index contributed by atoms with van der Waals surface area (Å²) in [4.78, 5) is 23.3. The van der Waals surface area contributed by atoms with E-state index in [-0.39, 0.29) is 13.2 Å². The SMILES string of the molecule is Cc1ccc(OCC(=O)NNC(=O)COc2ccc(Cl)c(C)c2)cc1. The van der Waals surface area contributed by atoms with Crippen LogP contribution in [-0.2, 0) is 9.59 Å². The minimum absolute atomic E-state index is 0.208. The topological polar surface area (TPSA) is 76.7 Å². The van der Waals surface area contributed by atoms with Crippen LogP contribution in [0.3, 0.4) is 0 Å². The van der Waals surface area contributed by atoms with Gasteiger partial charge in [-0.25, -0.2) is 0 Å². The summed E-state index contributed by atoms with van der Waals surface area (Å²) in [5.41, 5.74) is 6.46. The predicted octanol–water partition coefficient (Wildman–Crippen LogP) is 2.56. The fourth-order valence-electron chi connectivity index (χ4n) is 1.85. The molecule has 2 aromatic carbocycles. The van der Waals surface area contributed by atoms with Gasteiger partial charge in [0.2, 0.25) is 0 Å². The molecule has 6 nitrogen and oxygen atoms in total. The highest BCUT2D eigenvalue weighted by atomic mass is 35.5. The van der Waals surface area contributed by atoms with E-state index in [1.807, 2.05) is 26.0 Å². The molecule has 2 rings (SSSR count). The van der Waals surface area contributed by atoms with E-state index in [1.54, 1.807) is 30.3 Å². The Morgan fingerprint density at radius 3 is 1.96 bits per heavy atom. The first-order valence-electron chi connectivity index (χ1n) is 7.60. The Morgan fingerprint density at radius 2 is 1.40 bits per heavy atom. The minimum atomic E-state index is -0.490. The second-order valence-electron chi connectivity index (χ2n) is 5.40. The highest BCUT2D eigenvalue weighted by Gasteiger charge is 2.07. The first kappa shape index (κ1) is 18.6. The molecule has 0 atom stereocenters. The Kier molecular flexibility index (Phi) is 6.65. The van der Waals surface area contributed by atoms with E-state index < -0.39 is 11.8 Å². The predicted molar refractivity (Wildman–Crippen MR) is 94.6 cm³/mol. The van der Waals surface area contributed by atoms with Crippen LogP contribution in [0.25, 0.3) is 0 Å². The van der Waals surface area contributed by atoms with Gasteiger partial charge in [-0.3, -0.25) is 20.4 Å². The Bertz CT molecular complexity index is 747. The third-order valence-corrected chi connectivity index (χ3v) is 3.66. The number of hydrogen-bond acceptors (Lipinski definition) is 4. The number of carbonyl (C=O) groups is 2. The zero-order chi connectivity index (χ0) is 18.2. The molecular formula is C18H19ClN2O4. The van der Waals surface area contributed by atoms with Crippen LogP contribution in [0.15, 0.2) is 42.5 Å². The van der Waals surface area contributed by atoms with Crippen molar-refractivity contribution in [2.24, 2.45) is 0 Å². The van der Waals surface area contributed by atoms with Crippen LogP contribution in [0.1, 0.15) is 11.1 Å². The quantitative estimate of drug-likeness (QED) is 0.774. The molecule has 0 radical (unpaired) electrons. The van der Waals surface area contributed by atoms with Crippen LogP contribution >= 0.6 is 11.6 Å². The fraction of sp³-hybridized carbons (Fsp3) is 0.222. The maximum atomic E-state index is 11.7. The molecule has 2 N–H and O–H groups in total. The van der Waals surface area contributed by atoms with Crippen molar-refractivity contribution in [1.82, 2.24) is 10.9 Å². The third-order valence-electron chi connectivity index (χ3n) is 3.23. The highest BCUT2D eigenvalue weighted by Crippen LogP contribution is 2.20. The summed E-state index contributed by atoms with van der Waals surface area (Å²) >= 11 is 5.92. The van der Waals surface area contributed by atoms with Crippen molar-refractivity contribution in [3.63, 3.8) is 0 Å². The first-order chi connectivity index (χ1) is 11.9. The number of halogens is 1. The van der Waals surface area contributed by atoms with E-state index in [0.29, 0.717) is 16.5 Å². The van der Waals surface area contributed by atoms with Gasteiger partial charge in [-0.15, -0.1) is 0 Å². The molecular weight excluding hydrogens is 344 g/mol. The van der Waals surface area contributed by atoms with E-state index in [0.717, 1.165) is 11.1 Å². The zero-order valence-electron chi connectivity index (χ0n) is 14.0. The number of amides is 2. The van der Waals surface area contributed by atoms with Gasteiger partial charge in [0.1, 0.15) is 11.5 Å². The number of benzene rings is 2. The number of aryl methyl sites for hydroxylation is 2. The number of hydrogen-bond donors (Lipinski definition) is 2. The Hall–Kier alpha value is -2.73. The molecule has 0 saturated carbocycles. The summed E-state index contributed by atoms with van der Waals surface area (Å²) in [6.07, 6.45) is 0. The fourth-order valence-corrected chi connectivity index (χ4v) is 1.97. The number of nitrogens with one attached hydrogen (secondary N) is 2. The van der Waals surface area contributed by atoms with E-state index >= 15 is 0 Å². The average Bonchev–Trinajstić information content (AvgIpc) is 2.60. The summed E-state index contributed by atoms with van der Waals surface area (Å²) in [6.45, 7) is 3.35. The molecule has 0 unspecified atom stereocenters. The van der Waals surface area contributed by atoms with Gasteiger partial charge in [0, 0.05) is 5.02 Å². The molecule has 0 aliphatic rings. The van der Waals surface area contributed by atoms with Crippen molar-refractivity contribution < 1.29 is 19.1 Å². The van der Waals surface area contributed by atoms with E-state index in [9.17, 15) is 9.59 Å². The van der Waals surface area contributed by atoms with Crippen molar-refractivity contribution in [2.45, 2.75) is 13.8 Å². The molecule has 0 aromatic heterocycles. The number of hydrazine groups is 1. The molecule has 0 saturated heterocycles. The van der Waals surface area contributed by atoms with E-state index in [1.165, 1.54) is 0 Å². The van der Waals surface area contributed by atoms with Crippen LogP contribution in [-0.4, -0.2) is 25.0 Å². The number of rotatable bonds is 6. The summed E-state index contributed by atoms with van der Waals surface area (Å²) in [7, 11) is 0. The van der Waals surface area contributed by atoms with Gasteiger partial charge in [-0.05, 0) is 49.7 Å². The van der Waals surface area contributed by atoms with Crippen molar-refractivity contribution >= 4 is 23.4 Å². The summed E-state index contributed by atoms with van der Waals surface area (Å²) in [6, 6.07) is 12.4. The molecule has 0 heterocycles. The van der Waals surface area contributed by atoms with Gasteiger partial charge in [-0.1, -0.05) is 29.3 Å². The standard InChI is InChI=1S/C18H19ClN2O4/c1-12-3-5-14(6-4-12)24-10-17(22)20-21-18(23)11-25-15-7-8-16(19)13(2)9-15/h3-9H,10-11H2,1-2H3,(H,20,22)(H,21,23). The Labute approximate surface area is 151 Å². The first-order valence-corrected chi connectivity index (χ1v) is 7.98. The van der Waals surface area contributed by atoms with Crippen molar-refractivity contribution in [2.75, 3.05) is 13.2 Å². The molecule has 2 aromatic rings. The van der Waals surface area contributed by atoms with Crippen LogP contribution in [0, 0.1) is 13.8 Å². The van der Waals surface area contributed by atoms with E-state index in [4.69, 9.17) is 21.1 Å². The maximum absolute atomic E-state index is 11.7. The van der Waals surface area contributed by atoms with Crippen LogP contribution in [0.5, 0.6) is 11.5 Å². The monoisotopic (exact) mass is 362 g/mol. The van der Waals surface area contributed by atoms with Gasteiger partial charge < -0.3 is 9.47 Å². The van der Waals surface area contributed by atoms with Crippen LogP contribution < -0.4 is 20.3 Å². The third kappa shape index (κ3) is 6.35. The molecule has 0 fully saturated rings. The smallest absolute Gasteiger partial charge is 0.276 e. The molecule has 0 bridgehead atoms. The zero-order valence-corrected chi connectivity index (χ0v) is 14.7. The van der Waals surface area contributed by atoms with E-state index in [2.05, 4.69) is 10.9 Å². The average molecular weight is 363 g/mol. The minimum Gasteiger partial charge on any atom is -0.484 e. The summed E-state index contributed by atoms with van der Waals surface area (Å²) < 4.78 is 10.6. The lowest BCUT2D eigenvalue weighted by atomic mass is 10.2. The molecule has 0 spiro atoms. The highest BCUT2D eigenvalue weighted by molar-refractivity contribution is 6.31. The Balaban J connectivity index is 1.67. The summed E-state index contributed by atoms with van der Waals surface area (Å²) in [5, 5.41) is 0.623. The molecule has 7 heteroatoms. The second-order valence-corrected chi connectivity index (χ2v) is 5.80. The van der Waals surface area contributed by atoms with Gasteiger partial charge in [0.15, 0.2) is 13.2 Å². The van der Waals surface area contributed by atoms with Gasteiger partial charge in [0.25, 0.3) is 11.8 Å². The van der Waals surface area contributed by atoms with Gasteiger partial charge in [0.05, 0.1) is 0 Å². The van der Waals surface area contributed by atoms with Crippen LogP contribution in [0.2, 0.25) is 5.02 Å². The molecule has 132 valence electrons. The summed E-state index contributed by atoms with van der Waals surface area (Å²) in [5.74, 6) is 0.132. The molecule has 0 aliphatic carbocycles. The van der Waals surface area contributed by atoms with Crippen molar-refractivity contribution in [3.8, 4) is 11.5 Å². The van der Waals surface area contributed by atoms with Crippen molar-refractivity contribution in [1.29, 1.82) is 0 Å². The Morgan fingerprint density at radius 1 is 0.880 bits per heavy atom. The largest absolute Gasteiger partial charge is 0.484 e. The normalized spacial score (nSPS) is 10.0. The van der Waals surface area contributed by atoms with Crippen molar-refractivity contribution in [3.05, 3.63) is 58.6 Å². The van der Waals surface area contributed by atoms with Gasteiger partial charge in [-0.2, -0.15) is 0 Å².